The minimum atomic E-state index is -0.176. The van der Waals surface area contributed by atoms with E-state index in [2.05, 4.69) is 5.32 Å². The first-order valence-electron chi connectivity index (χ1n) is 5.97. The third kappa shape index (κ3) is 4.94. The Morgan fingerprint density at radius 1 is 1.50 bits per heavy atom. The SMILES string of the molecule is CCOC(=O)CCCNCc1cccc(Cl)c1O. The first-order valence-corrected chi connectivity index (χ1v) is 6.35. The number of rotatable bonds is 7. The molecule has 0 aromatic heterocycles. The molecule has 0 amide bonds. The van der Waals surface area contributed by atoms with E-state index in [-0.39, 0.29) is 11.7 Å². The van der Waals surface area contributed by atoms with Crippen LogP contribution < -0.4 is 5.32 Å². The van der Waals surface area contributed by atoms with Crippen LogP contribution in [-0.4, -0.2) is 24.2 Å². The predicted octanol–water partition coefficient (Wildman–Crippen LogP) is 2.48. The van der Waals surface area contributed by atoms with Crippen LogP contribution in [0.25, 0.3) is 0 Å². The summed E-state index contributed by atoms with van der Waals surface area (Å²) in [7, 11) is 0. The standard InChI is InChI=1S/C13H18ClNO3/c1-2-18-12(16)7-4-8-15-9-10-5-3-6-11(14)13(10)17/h3,5-6,15,17H,2,4,7-9H2,1H3. The molecule has 0 fully saturated rings. The molecule has 0 aliphatic rings. The quantitative estimate of drug-likeness (QED) is 0.591. The highest BCUT2D eigenvalue weighted by molar-refractivity contribution is 6.32. The lowest BCUT2D eigenvalue weighted by Crippen LogP contribution is -2.16. The zero-order valence-corrected chi connectivity index (χ0v) is 11.2. The highest BCUT2D eigenvalue weighted by Gasteiger charge is 2.05. The molecule has 0 bridgehead atoms. The molecule has 0 unspecified atom stereocenters. The van der Waals surface area contributed by atoms with Gasteiger partial charge in [-0.05, 0) is 26.0 Å². The summed E-state index contributed by atoms with van der Waals surface area (Å²) >= 11 is 5.79. The number of halogens is 1. The summed E-state index contributed by atoms with van der Waals surface area (Å²) in [6, 6.07) is 5.23. The Hall–Kier alpha value is -1.26. The van der Waals surface area contributed by atoms with Crippen molar-refractivity contribution in [3.8, 4) is 5.75 Å². The number of phenolic OH excluding ortho intramolecular Hbond substituents is 1. The number of benzene rings is 1. The Labute approximate surface area is 112 Å². The molecule has 0 atom stereocenters. The molecule has 0 radical (unpaired) electrons. The summed E-state index contributed by atoms with van der Waals surface area (Å²) in [5.41, 5.74) is 0.749. The van der Waals surface area contributed by atoms with Crippen LogP contribution in [0.4, 0.5) is 0 Å². The van der Waals surface area contributed by atoms with Crippen LogP contribution in [0.2, 0.25) is 5.02 Å². The van der Waals surface area contributed by atoms with Crippen molar-refractivity contribution >= 4 is 17.6 Å². The Morgan fingerprint density at radius 3 is 3.00 bits per heavy atom. The number of ether oxygens (including phenoxy) is 1. The van der Waals surface area contributed by atoms with Gasteiger partial charge in [-0.1, -0.05) is 23.7 Å². The van der Waals surface area contributed by atoms with E-state index in [9.17, 15) is 9.90 Å². The maximum Gasteiger partial charge on any atom is 0.305 e. The number of carbonyl (C=O) groups excluding carboxylic acids is 1. The van der Waals surface area contributed by atoms with Gasteiger partial charge in [0, 0.05) is 18.5 Å². The molecular weight excluding hydrogens is 254 g/mol. The average molecular weight is 272 g/mol. The molecule has 0 saturated carbocycles. The predicted molar refractivity (Wildman–Crippen MR) is 70.7 cm³/mol. The van der Waals surface area contributed by atoms with E-state index in [0.717, 1.165) is 5.56 Å². The van der Waals surface area contributed by atoms with Crippen molar-refractivity contribution in [2.75, 3.05) is 13.2 Å². The normalized spacial score (nSPS) is 10.3. The zero-order chi connectivity index (χ0) is 13.4. The number of nitrogens with one attached hydrogen (secondary N) is 1. The monoisotopic (exact) mass is 271 g/mol. The fraction of sp³-hybridized carbons (Fsp3) is 0.462. The van der Waals surface area contributed by atoms with Gasteiger partial charge < -0.3 is 15.2 Å². The smallest absolute Gasteiger partial charge is 0.305 e. The van der Waals surface area contributed by atoms with E-state index in [4.69, 9.17) is 16.3 Å². The molecule has 1 aromatic rings. The van der Waals surface area contributed by atoms with Crippen molar-refractivity contribution in [3.63, 3.8) is 0 Å². The second-order valence-electron chi connectivity index (χ2n) is 3.83. The zero-order valence-electron chi connectivity index (χ0n) is 10.4. The minimum Gasteiger partial charge on any atom is -0.506 e. The summed E-state index contributed by atoms with van der Waals surface area (Å²) in [4.78, 5) is 11.1. The van der Waals surface area contributed by atoms with Crippen LogP contribution in [0.3, 0.4) is 0 Å². The number of para-hydroxylation sites is 1. The van der Waals surface area contributed by atoms with Crippen LogP contribution in [-0.2, 0) is 16.1 Å². The minimum absolute atomic E-state index is 0.108. The maximum absolute atomic E-state index is 11.1. The van der Waals surface area contributed by atoms with Crippen molar-refractivity contribution in [3.05, 3.63) is 28.8 Å². The van der Waals surface area contributed by atoms with E-state index < -0.39 is 0 Å². The molecule has 18 heavy (non-hydrogen) atoms. The fourth-order valence-corrected chi connectivity index (χ4v) is 1.71. The second-order valence-corrected chi connectivity index (χ2v) is 4.24. The Kier molecular flexibility index (Phi) is 6.54. The summed E-state index contributed by atoms with van der Waals surface area (Å²) in [5, 5.41) is 13.2. The molecule has 5 heteroatoms. The van der Waals surface area contributed by atoms with Crippen molar-refractivity contribution in [2.45, 2.75) is 26.3 Å². The number of carbonyl (C=O) groups is 1. The highest BCUT2D eigenvalue weighted by atomic mass is 35.5. The number of aromatic hydroxyl groups is 1. The first kappa shape index (κ1) is 14.8. The topological polar surface area (TPSA) is 58.6 Å². The van der Waals surface area contributed by atoms with Gasteiger partial charge in [-0.15, -0.1) is 0 Å². The molecule has 0 saturated heterocycles. The highest BCUT2D eigenvalue weighted by Crippen LogP contribution is 2.26. The largest absolute Gasteiger partial charge is 0.506 e. The van der Waals surface area contributed by atoms with Gasteiger partial charge in [-0.25, -0.2) is 0 Å². The van der Waals surface area contributed by atoms with Crippen molar-refractivity contribution in [2.24, 2.45) is 0 Å². The van der Waals surface area contributed by atoms with Crippen LogP contribution in [0, 0.1) is 0 Å². The van der Waals surface area contributed by atoms with Crippen molar-refractivity contribution in [1.29, 1.82) is 0 Å². The Balaban J connectivity index is 2.22. The molecule has 2 N–H and O–H groups in total. The van der Waals surface area contributed by atoms with Crippen LogP contribution in [0.1, 0.15) is 25.3 Å². The summed E-state index contributed by atoms with van der Waals surface area (Å²) < 4.78 is 4.82. The van der Waals surface area contributed by atoms with E-state index in [0.29, 0.717) is 37.6 Å². The third-order valence-electron chi connectivity index (χ3n) is 2.43. The summed E-state index contributed by atoms with van der Waals surface area (Å²) in [6.07, 6.45) is 1.11. The number of phenols is 1. The molecule has 1 rings (SSSR count). The number of hydrogen-bond acceptors (Lipinski definition) is 4. The van der Waals surface area contributed by atoms with Gasteiger partial charge in [0.25, 0.3) is 0 Å². The second kappa shape index (κ2) is 7.95. The fourth-order valence-electron chi connectivity index (χ4n) is 1.52. The van der Waals surface area contributed by atoms with E-state index in [1.807, 2.05) is 0 Å². The van der Waals surface area contributed by atoms with Crippen LogP contribution in [0.5, 0.6) is 5.75 Å². The molecule has 0 heterocycles. The summed E-state index contributed by atoms with van der Waals surface area (Å²) in [5.74, 6) is -0.0676. The number of hydrogen-bond donors (Lipinski definition) is 2. The average Bonchev–Trinajstić information content (AvgIpc) is 2.34. The maximum atomic E-state index is 11.1. The molecule has 0 spiro atoms. The Morgan fingerprint density at radius 2 is 2.28 bits per heavy atom. The van der Waals surface area contributed by atoms with Crippen molar-refractivity contribution < 1.29 is 14.6 Å². The molecule has 4 nitrogen and oxygen atoms in total. The third-order valence-corrected chi connectivity index (χ3v) is 2.73. The van der Waals surface area contributed by atoms with Crippen LogP contribution >= 0.6 is 11.6 Å². The summed E-state index contributed by atoms with van der Waals surface area (Å²) in [6.45, 7) is 3.42. The molecule has 0 aliphatic heterocycles. The lowest BCUT2D eigenvalue weighted by Gasteiger charge is -2.07. The van der Waals surface area contributed by atoms with Gasteiger partial charge in [0.2, 0.25) is 0 Å². The van der Waals surface area contributed by atoms with Gasteiger partial charge in [-0.2, -0.15) is 0 Å². The molecule has 100 valence electrons. The van der Waals surface area contributed by atoms with E-state index in [1.165, 1.54) is 0 Å². The van der Waals surface area contributed by atoms with Gasteiger partial charge in [-0.3, -0.25) is 4.79 Å². The lowest BCUT2D eigenvalue weighted by atomic mass is 10.2. The molecular formula is C13H18ClNO3. The van der Waals surface area contributed by atoms with E-state index in [1.54, 1.807) is 25.1 Å². The van der Waals surface area contributed by atoms with Crippen LogP contribution in [0.15, 0.2) is 18.2 Å². The van der Waals surface area contributed by atoms with Gasteiger partial charge in [0.1, 0.15) is 5.75 Å². The van der Waals surface area contributed by atoms with Gasteiger partial charge in [0.05, 0.1) is 11.6 Å². The molecule has 1 aromatic carbocycles. The van der Waals surface area contributed by atoms with Crippen molar-refractivity contribution in [1.82, 2.24) is 5.32 Å². The van der Waals surface area contributed by atoms with Gasteiger partial charge >= 0.3 is 5.97 Å². The van der Waals surface area contributed by atoms with Gasteiger partial charge in [0.15, 0.2) is 0 Å². The first-order chi connectivity index (χ1) is 8.65. The van der Waals surface area contributed by atoms with E-state index >= 15 is 0 Å². The Bertz CT molecular complexity index is 396. The molecule has 0 aliphatic carbocycles. The number of esters is 1. The lowest BCUT2D eigenvalue weighted by molar-refractivity contribution is -0.143.